The van der Waals surface area contributed by atoms with Crippen molar-refractivity contribution in [1.29, 1.82) is 0 Å². The zero-order valence-electron chi connectivity index (χ0n) is 10.1. The summed E-state index contributed by atoms with van der Waals surface area (Å²) in [6, 6.07) is 3.83. The van der Waals surface area contributed by atoms with Crippen LogP contribution in [0.25, 0.3) is 22.7 Å². The summed E-state index contributed by atoms with van der Waals surface area (Å²) in [5.74, 6) is 0.819. The average Bonchev–Trinajstić information content (AvgIpc) is 2.96. The van der Waals surface area contributed by atoms with E-state index >= 15 is 0 Å². The number of fused-ring (bicyclic) bond motifs is 1. The second-order valence-electron chi connectivity index (χ2n) is 4.13. The Morgan fingerprint density at radius 3 is 3.00 bits per heavy atom. The smallest absolute Gasteiger partial charge is 0.162 e. The monoisotopic (exact) mass is 242 g/mol. The molecule has 2 N–H and O–H groups in total. The third-order valence-corrected chi connectivity index (χ3v) is 2.88. The minimum absolute atomic E-state index is 0.597. The summed E-state index contributed by atoms with van der Waals surface area (Å²) in [7, 11) is 1.94. The van der Waals surface area contributed by atoms with Crippen molar-refractivity contribution in [2.24, 2.45) is 12.8 Å². The van der Waals surface area contributed by atoms with E-state index in [1.54, 1.807) is 12.5 Å². The van der Waals surface area contributed by atoms with E-state index in [2.05, 4.69) is 15.0 Å². The Morgan fingerprint density at radius 1 is 1.33 bits per heavy atom. The van der Waals surface area contributed by atoms with Crippen LogP contribution in [-0.2, 0) is 13.6 Å². The van der Waals surface area contributed by atoms with Gasteiger partial charge in [-0.2, -0.15) is 0 Å². The van der Waals surface area contributed by atoms with Crippen LogP contribution in [0.5, 0.6) is 0 Å². The van der Waals surface area contributed by atoms with Crippen LogP contribution in [0.1, 0.15) is 0 Å². The fourth-order valence-electron chi connectivity index (χ4n) is 2.00. The molecule has 3 aromatic rings. The van der Waals surface area contributed by atoms with E-state index in [4.69, 9.17) is 5.73 Å². The molecule has 0 fully saturated rings. The number of hydrogen-bond acceptors (Lipinski definition) is 4. The number of nitrogens with zero attached hydrogens (tertiary/aromatic N) is 5. The fourth-order valence-corrected chi connectivity index (χ4v) is 2.00. The molecule has 3 heterocycles. The Morgan fingerprint density at radius 2 is 2.22 bits per heavy atom. The van der Waals surface area contributed by atoms with Crippen LogP contribution in [-0.4, -0.2) is 30.6 Å². The predicted octanol–water partition coefficient (Wildman–Crippen LogP) is 0.790. The van der Waals surface area contributed by atoms with E-state index in [-0.39, 0.29) is 0 Å². The molecule has 0 aliphatic carbocycles. The van der Waals surface area contributed by atoms with Gasteiger partial charge in [0.15, 0.2) is 11.5 Å². The maximum atomic E-state index is 5.52. The van der Waals surface area contributed by atoms with Crippen molar-refractivity contribution in [3.63, 3.8) is 0 Å². The number of hydrogen-bond donors (Lipinski definition) is 1. The Bertz CT molecular complexity index is 681. The maximum Gasteiger partial charge on any atom is 0.162 e. The summed E-state index contributed by atoms with van der Waals surface area (Å²) < 4.78 is 3.91. The summed E-state index contributed by atoms with van der Waals surface area (Å²) in [6.45, 7) is 1.36. The lowest BCUT2D eigenvalue weighted by Crippen LogP contribution is -2.07. The zero-order chi connectivity index (χ0) is 12.5. The van der Waals surface area contributed by atoms with Gasteiger partial charge in [-0.3, -0.25) is 0 Å². The largest absolute Gasteiger partial charge is 0.335 e. The number of nitrogens with two attached hydrogens (primary N) is 1. The van der Waals surface area contributed by atoms with Crippen LogP contribution in [0, 0.1) is 0 Å². The minimum atomic E-state index is 0.597. The van der Waals surface area contributed by atoms with Gasteiger partial charge >= 0.3 is 0 Å². The SMILES string of the molecule is Cn1c(-c2cn(CCN)cn2)nc2cccnc21. The van der Waals surface area contributed by atoms with Gasteiger partial charge < -0.3 is 14.9 Å². The molecule has 0 aliphatic heterocycles. The van der Waals surface area contributed by atoms with Crippen molar-refractivity contribution >= 4 is 11.2 Å². The van der Waals surface area contributed by atoms with Crippen LogP contribution in [0.4, 0.5) is 0 Å². The molecule has 3 aromatic heterocycles. The van der Waals surface area contributed by atoms with Gasteiger partial charge in [0.1, 0.15) is 11.2 Å². The molecule has 0 saturated heterocycles. The quantitative estimate of drug-likeness (QED) is 0.737. The second-order valence-corrected chi connectivity index (χ2v) is 4.13. The lowest BCUT2D eigenvalue weighted by molar-refractivity contribution is 0.708. The standard InChI is InChI=1S/C12H14N6/c1-17-11-9(3-2-5-14-11)16-12(17)10-7-18(6-4-13)8-15-10/h2-3,5,7-8H,4,6,13H2,1H3. The third kappa shape index (κ3) is 1.67. The van der Waals surface area contributed by atoms with Crippen LogP contribution in [0.3, 0.4) is 0 Å². The molecule has 0 unspecified atom stereocenters. The molecule has 0 spiro atoms. The highest BCUT2D eigenvalue weighted by molar-refractivity contribution is 5.75. The first kappa shape index (κ1) is 10.9. The van der Waals surface area contributed by atoms with E-state index in [1.807, 2.05) is 34.5 Å². The minimum Gasteiger partial charge on any atom is -0.335 e. The van der Waals surface area contributed by atoms with Crippen LogP contribution >= 0.6 is 0 Å². The molecule has 0 amide bonds. The normalized spacial score (nSPS) is 11.2. The summed E-state index contributed by atoms with van der Waals surface area (Å²) in [4.78, 5) is 13.2. The maximum absolute atomic E-state index is 5.52. The van der Waals surface area contributed by atoms with Crippen LogP contribution in [0.2, 0.25) is 0 Å². The Kier molecular flexibility index (Phi) is 2.56. The van der Waals surface area contributed by atoms with Gasteiger partial charge in [0, 0.05) is 32.5 Å². The molecule has 3 rings (SSSR count). The lowest BCUT2D eigenvalue weighted by atomic mass is 10.4. The molecular formula is C12H14N6. The van der Waals surface area contributed by atoms with Gasteiger partial charge in [-0.1, -0.05) is 0 Å². The van der Waals surface area contributed by atoms with Crippen molar-refractivity contribution < 1.29 is 0 Å². The van der Waals surface area contributed by atoms with E-state index in [0.717, 1.165) is 29.2 Å². The lowest BCUT2D eigenvalue weighted by Gasteiger charge is -1.98. The number of pyridine rings is 1. The van der Waals surface area contributed by atoms with Crippen molar-refractivity contribution in [3.05, 3.63) is 30.9 Å². The van der Waals surface area contributed by atoms with Crippen molar-refractivity contribution in [2.45, 2.75) is 6.54 Å². The van der Waals surface area contributed by atoms with Gasteiger partial charge in [0.25, 0.3) is 0 Å². The summed E-state index contributed by atoms with van der Waals surface area (Å²) in [5.41, 5.74) is 8.10. The predicted molar refractivity (Wildman–Crippen MR) is 68.8 cm³/mol. The van der Waals surface area contributed by atoms with Crippen molar-refractivity contribution in [2.75, 3.05) is 6.54 Å². The molecule has 6 nitrogen and oxygen atoms in total. The Balaban J connectivity index is 2.10. The topological polar surface area (TPSA) is 74.5 Å². The van der Waals surface area contributed by atoms with Crippen LogP contribution in [0.15, 0.2) is 30.9 Å². The molecule has 0 atom stereocenters. The van der Waals surface area contributed by atoms with Gasteiger partial charge in [-0.25, -0.2) is 15.0 Å². The zero-order valence-corrected chi connectivity index (χ0v) is 10.1. The van der Waals surface area contributed by atoms with Crippen molar-refractivity contribution in [3.8, 4) is 11.5 Å². The summed E-state index contributed by atoms with van der Waals surface area (Å²) in [5, 5.41) is 0. The number of aromatic nitrogens is 5. The molecule has 0 radical (unpaired) electrons. The first-order chi connectivity index (χ1) is 8.79. The van der Waals surface area contributed by atoms with E-state index < -0.39 is 0 Å². The van der Waals surface area contributed by atoms with Crippen molar-refractivity contribution in [1.82, 2.24) is 24.1 Å². The molecule has 18 heavy (non-hydrogen) atoms. The first-order valence-electron chi connectivity index (χ1n) is 5.79. The number of imidazole rings is 2. The molecule has 92 valence electrons. The highest BCUT2D eigenvalue weighted by Gasteiger charge is 2.12. The van der Waals surface area contributed by atoms with E-state index in [0.29, 0.717) is 6.54 Å². The summed E-state index contributed by atoms with van der Waals surface area (Å²) >= 11 is 0. The van der Waals surface area contributed by atoms with Gasteiger partial charge in [0.2, 0.25) is 0 Å². The molecule has 6 heteroatoms. The van der Waals surface area contributed by atoms with E-state index in [1.165, 1.54) is 0 Å². The van der Waals surface area contributed by atoms with Gasteiger partial charge in [0.05, 0.1) is 6.33 Å². The van der Waals surface area contributed by atoms with Gasteiger partial charge in [-0.15, -0.1) is 0 Å². The fraction of sp³-hybridized carbons (Fsp3) is 0.250. The third-order valence-electron chi connectivity index (χ3n) is 2.88. The Hall–Kier alpha value is -2.21. The molecule has 0 aromatic carbocycles. The Labute approximate surface area is 104 Å². The molecular weight excluding hydrogens is 228 g/mol. The molecule has 0 bridgehead atoms. The van der Waals surface area contributed by atoms with E-state index in [9.17, 15) is 0 Å². The van der Waals surface area contributed by atoms with Crippen LogP contribution < -0.4 is 5.73 Å². The molecule has 0 saturated carbocycles. The first-order valence-corrected chi connectivity index (χ1v) is 5.79. The number of aryl methyl sites for hydroxylation is 1. The van der Waals surface area contributed by atoms with Gasteiger partial charge in [-0.05, 0) is 12.1 Å². The highest BCUT2D eigenvalue weighted by Crippen LogP contribution is 2.20. The second kappa shape index (κ2) is 4.23. The highest BCUT2D eigenvalue weighted by atomic mass is 15.1. The molecule has 0 aliphatic rings. The average molecular weight is 242 g/mol. The summed E-state index contributed by atoms with van der Waals surface area (Å²) in [6.07, 6.45) is 5.49. The number of rotatable bonds is 3.